The van der Waals surface area contributed by atoms with Crippen LogP contribution in [0.1, 0.15) is 12.8 Å². The summed E-state index contributed by atoms with van der Waals surface area (Å²) in [5.74, 6) is 1.83. The molecule has 0 aromatic carbocycles. The predicted molar refractivity (Wildman–Crippen MR) is 44.3 cm³/mol. The number of fused-ring (bicyclic) bond motifs is 1. The predicted octanol–water partition coefficient (Wildman–Crippen LogP) is 0.365. The molecule has 2 aliphatic rings. The lowest BCUT2D eigenvalue weighted by Crippen LogP contribution is -2.20. The Bertz CT molecular complexity index is 106. The molecule has 2 atom stereocenters. The fourth-order valence-electron chi connectivity index (χ4n) is 2.21. The molecule has 0 spiro atoms. The maximum absolute atomic E-state index is 5.80. The number of halogens is 1. The van der Waals surface area contributed by atoms with E-state index in [0.29, 0.717) is 6.04 Å². The van der Waals surface area contributed by atoms with Gasteiger partial charge in [-0.2, -0.15) is 0 Å². The standard InChI is InChI=1S/C7H14N2.ClH/c8-7-1-5-3-9-4-6(5)2-7;/h5-7,9H,1-4,8H2;1H. The average Bonchev–Trinajstić information content (AvgIpc) is 2.22. The van der Waals surface area contributed by atoms with E-state index < -0.39 is 0 Å². The molecule has 2 fully saturated rings. The van der Waals surface area contributed by atoms with Crippen molar-refractivity contribution < 1.29 is 0 Å². The summed E-state index contributed by atoms with van der Waals surface area (Å²) in [5.41, 5.74) is 5.80. The van der Waals surface area contributed by atoms with Crippen molar-refractivity contribution in [2.45, 2.75) is 18.9 Å². The number of nitrogens with one attached hydrogen (secondary N) is 1. The summed E-state index contributed by atoms with van der Waals surface area (Å²) < 4.78 is 0. The average molecular weight is 163 g/mol. The van der Waals surface area contributed by atoms with E-state index >= 15 is 0 Å². The zero-order valence-electron chi connectivity index (χ0n) is 6.05. The minimum absolute atomic E-state index is 0. The highest BCUT2D eigenvalue weighted by Gasteiger charge is 2.35. The highest BCUT2D eigenvalue weighted by molar-refractivity contribution is 5.85. The minimum atomic E-state index is 0. The summed E-state index contributed by atoms with van der Waals surface area (Å²) in [5, 5.41) is 3.39. The zero-order valence-corrected chi connectivity index (χ0v) is 6.86. The van der Waals surface area contributed by atoms with Gasteiger partial charge in [-0.1, -0.05) is 0 Å². The second-order valence-electron chi connectivity index (χ2n) is 3.41. The summed E-state index contributed by atoms with van der Waals surface area (Å²) >= 11 is 0. The van der Waals surface area contributed by atoms with Crippen LogP contribution in [0.5, 0.6) is 0 Å². The van der Waals surface area contributed by atoms with Crippen LogP contribution in [0.25, 0.3) is 0 Å². The molecule has 0 aromatic rings. The molecular formula is C7H15ClN2. The first-order valence-electron chi connectivity index (χ1n) is 3.82. The summed E-state index contributed by atoms with van der Waals surface area (Å²) in [6.45, 7) is 2.44. The van der Waals surface area contributed by atoms with Gasteiger partial charge in [0, 0.05) is 6.04 Å². The third-order valence-corrected chi connectivity index (χ3v) is 2.69. The number of rotatable bonds is 0. The van der Waals surface area contributed by atoms with Gasteiger partial charge in [0.15, 0.2) is 0 Å². The van der Waals surface area contributed by atoms with E-state index in [2.05, 4.69) is 5.32 Å². The lowest BCUT2D eigenvalue weighted by Gasteiger charge is -2.02. The van der Waals surface area contributed by atoms with Gasteiger partial charge in [-0.25, -0.2) is 0 Å². The van der Waals surface area contributed by atoms with Gasteiger partial charge in [-0.05, 0) is 37.8 Å². The molecule has 1 heterocycles. The van der Waals surface area contributed by atoms with Gasteiger partial charge in [-0.15, -0.1) is 12.4 Å². The van der Waals surface area contributed by atoms with Crippen molar-refractivity contribution in [2.24, 2.45) is 17.6 Å². The van der Waals surface area contributed by atoms with Crippen molar-refractivity contribution in [1.82, 2.24) is 5.32 Å². The van der Waals surface area contributed by atoms with Crippen LogP contribution in [-0.2, 0) is 0 Å². The fraction of sp³-hybridized carbons (Fsp3) is 1.00. The topological polar surface area (TPSA) is 38.0 Å². The first kappa shape index (κ1) is 8.31. The van der Waals surface area contributed by atoms with Crippen molar-refractivity contribution in [3.05, 3.63) is 0 Å². The smallest absolute Gasteiger partial charge is 0.00452 e. The maximum Gasteiger partial charge on any atom is 0.00452 e. The second kappa shape index (κ2) is 3.07. The van der Waals surface area contributed by atoms with Crippen molar-refractivity contribution in [2.75, 3.05) is 13.1 Å². The quantitative estimate of drug-likeness (QED) is 0.540. The molecule has 1 saturated carbocycles. The molecule has 0 amide bonds. The fourth-order valence-corrected chi connectivity index (χ4v) is 2.21. The first-order valence-corrected chi connectivity index (χ1v) is 3.82. The molecular weight excluding hydrogens is 148 g/mol. The van der Waals surface area contributed by atoms with Crippen LogP contribution < -0.4 is 11.1 Å². The molecule has 1 aliphatic carbocycles. The molecule has 2 unspecified atom stereocenters. The van der Waals surface area contributed by atoms with Crippen LogP contribution in [0.4, 0.5) is 0 Å². The van der Waals surface area contributed by atoms with E-state index in [1.54, 1.807) is 0 Å². The molecule has 1 saturated heterocycles. The maximum atomic E-state index is 5.80. The lowest BCUT2D eigenvalue weighted by atomic mass is 10.0. The molecule has 3 heteroatoms. The van der Waals surface area contributed by atoms with Crippen LogP contribution in [0.15, 0.2) is 0 Å². The molecule has 2 rings (SSSR count). The summed E-state index contributed by atoms with van der Waals surface area (Å²) in [7, 11) is 0. The molecule has 0 aromatic heterocycles. The van der Waals surface area contributed by atoms with Gasteiger partial charge in [0.2, 0.25) is 0 Å². The van der Waals surface area contributed by atoms with E-state index in [1.165, 1.54) is 25.9 Å². The molecule has 10 heavy (non-hydrogen) atoms. The summed E-state index contributed by atoms with van der Waals surface area (Å²) in [4.78, 5) is 0. The Hall–Kier alpha value is 0.210. The Morgan fingerprint density at radius 1 is 1.10 bits per heavy atom. The molecule has 0 radical (unpaired) electrons. The van der Waals surface area contributed by atoms with Crippen LogP contribution in [0.2, 0.25) is 0 Å². The third-order valence-electron chi connectivity index (χ3n) is 2.69. The Morgan fingerprint density at radius 2 is 1.60 bits per heavy atom. The lowest BCUT2D eigenvalue weighted by molar-refractivity contribution is 0.494. The summed E-state index contributed by atoms with van der Waals surface area (Å²) in [6, 6.07) is 0.516. The number of hydrogen-bond acceptors (Lipinski definition) is 2. The Kier molecular flexibility index (Phi) is 2.55. The van der Waals surface area contributed by atoms with E-state index in [1.807, 2.05) is 0 Å². The molecule has 0 bridgehead atoms. The molecule has 1 aliphatic heterocycles. The zero-order chi connectivity index (χ0) is 6.27. The monoisotopic (exact) mass is 162 g/mol. The van der Waals surface area contributed by atoms with E-state index in [4.69, 9.17) is 5.73 Å². The van der Waals surface area contributed by atoms with Crippen LogP contribution in [0, 0.1) is 11.8 Å². The molecule has 3 N–H and O–H groups in total. The van der Waals surface area contributed by atoms with Gasteiger partial charge < -0.3 is 11.1 Å². The SMILES string of the molecule is Cl.NC1CC2CNCC2C1. The highest BCUT2D eigenvalue weighted by Crippen LogP contribution is 2.32. The highest BCUT2D eigenvalue weighted by atomic mass is 35.5. The Balaban J connectivity index is 0.000000500. The number of hydrogen-bond donors (Lipinski definition) is 2. The van der Waals surface area contributed by atoms with Gasteiger partial charge in [0.05, 0.1) is 0 Å². The van der Waals surface area contributed by atoms with Crippen molar-refractivity contribution >= 4 is 12.4 Å². The van der Waals surface area contributed by atoms with Gasteiger partial charge in [0.25, 0.3) is 0 Å². The van der Waals surface area contributed by atoms with Crippen LogP contribution >= 0.6 is 12.4 Å². The van der Waals surface area contributed by atoms with Crippen molar-refractivity contribution in [1.29, 1.82) is 0 Å². The number of nitrogens with two attached hydrogens (primary N) is 1. The van der Waals surface area contributed by atoms with E-state index in [0.717, 1.165) is 11.8 Å². The van der Waals surface area contributed by atoms with Crippen LogP contribution in [-0.4, -0.2) is 19.1 Å². The second-order valence-corrected chi connectivity index (χ2v) is 3.41. The minimum Gasteiger partial charge on any atom is -0.328 e. The normalized spacial score (nSPS) is 44.7. The van der Waals surface area contributed by atoms with Crippen LogP contribution in [0.3, 0.4) is 0 Å². The first-order chi connectivity index (χ1) is 4.36. The van der Waals surface area contributed by atoms with E-state index in [-0.39, 0.29) is 12.4 Å². The molecule has 2 nitrogen and oxygen atoms in total. The molecule has 60 valence electrons. The largest absolute Gasteiger partial charge is 0.328 e. The Morgan fingerprint density at radius 3 is 2.10 bits per heavy atom. The van der Waals surface area contributed by atoms with Gasteiger partial charge in [0.1, 0.15) is 0 Å². The van der Waals surface area contributed by atoms with Crippen molar-refractivity contribution in [3.63, 3.8) is 0 Å². The van der Waals surface area contributed by atoms with Gasteiger partial charge >= 0.3 is 0 Å². The van der Waals surface area contributed by atoms with E-state index in [9.17, 15) is 0 Å². The van der Waals surface area contributed by atoms with Gasteiger partial charge in [-0.3, -0.25) is 0 Å². The summed E-state index contributed by atoms with van der Waals surface area (Å²) in [6.07, 6.45) is 2.52. The Labute approximate surface area is 68.0 Å². The van der Waals surface area contributed by atoms with Crippen molar-refractivity contribution in [3.8, 4) is 0 Å². The third kappa shape index (κ3) is 1.29.